The van der Waals surface area contributed by atoms with E-state index in [4.69, 9.17) is 0 Å². The number of hydrogen-bond donors (Lipinski definition) is 1. The fraction of sp³-hybridized carbons (Fsp3) is 0.214. The molecule has 0 aliphatic rings. The summed E-state index contributed by atoms with van der Waals surface area (Å²) in [7, 11) is 1.98. The van der Waals surface area contributed by atoms with Gasteiger partial charge in [0, 0.05) is 27.4 Å². The van der Waals surface area contributed by atoms with Gasteiger partial charge in [-0.3, -0.25) is 4.98 Å². The Morgan fingerprint density at radius 2 is 2.00 bits per heavy atom. The topological polar surface area (TPSA) is 24.9 Å². The van der Waals surface area contributed by atoms with Crippen molar-refractivity contribution in [3.8, 4) is 0 Å². The molecule has 2 rings (SSSR count). The molecule has 0 fully saturated rings. The number of hydrogen-bond acceptors (Lipinski definition) is 2. The van der Waals surface area contributed by atoms with E-state index < -0.39 is 0 Å². The van der Waals surface area contributed by atoms with Crippen molar-refractivity contribution in [3.63, 3.8) is 0 Å². The molecule has 1 atom stereocenters. The van der Waals surface area contributed by atoms with Crippen LogP contribution in [0.2, 0.25) is 0 Å². The van der Waals surface area contributed by atoms with Crippen LogP contribution in [0.3, 0.4) is 0 Å². The summed E-state index contributed by atoms with van der Waals surface area (Å²) in [4.78, 5) is 4.20. The van der Waals surface area contributed by atoms with Gasteiger partial charge < -0.3 is 5.32 Å². The number of nitrogens with zero attached hydrogens (tertiary/aromatic N) is 1. The first-order valence-electron chi connectivity index (χ1n) is 5.71. The Kier molecular flexibility index (Phi) is 4.92. The minimum absolute atomic E-state index is 0.290. The Morgan fingerprint density at radius 3 is 2.67 bits per heavy atom. The maximum Gasteiger partial charge on any atom is 0.0410 e. The van der Waals surface area contributed by atoms with Gasteiger partial charge in [0.25, 0.3) is 0 Å². The SMILES string of the molecule is CNC(Cc1cncc(Br)c1)c1cccc(Br)c1. The van der Waals surface area contributed by atoms with E-state index in [0.717, 1.165) is 15.4 Å². The molecule has 4 heteroatoms. The van der Waals surface area contributed by atoms with Crippen molar-refractivity contribution >= 4 is 31.9 Å². The lowest BCUT2D eigenvalue weighted by molar-refractivity contribution is 0.590. The normalized spacial score (nSPS) is 12.4. The second-order valence-electron chi connectivity index (χ2n) is 4.11. The fourth-order valence-corrected chi connectivity index (χ4v) is 2.74. The molecule has 0 amide bonds. The Labute approximate surface area is 124 Å². The van der Waals surface area contributed by atoms with Crippen molar-refractivity contribution < 1.29 is 0 Å². The van der Waals surface area contributed by atoms with Crippen molar-refractivity contribution in [2.24, 2.45) is 0 Å². The first-order valence-corrected chi connectivity index (χ1v) is 7.30. The van der Waals surface area contributed by atoms with Crippen LogP contribution < -0.4 is 5.32 Å². The number of benzene rings is 1. The molecule has 94 valence electrons. The zero-order valence-corrected chi connectivity index (χ0v) is 13.2. The Hall–Kier alpha value is -0.710. The van der Waals surface area contributed by atoms with Crippen LogP contribution in [0.1, 0.15) is 17.2 Å². The molecule has 1 N–H and O–H groups in total. The molecule has 0 aliphatic carbocycles. The molecule has 1 unspecified atom stereocenters. The van der Waals surface area contributed by atoms with E-state index in [1.54, 1.807) is 6.20 Å². The Bertz CT molecular complexity index is 529. The summed E-state index contributed by atoms with van der Waals surface area (Å²) in [5.41, 5.74) is 2.48. The molecule has 0 aliphatic heterocycles. The zero-order valence-electron chi connectivity index (χ0n) is 10.0. The highest BCUT2D eigenvalue weighted by atomic mass is 79.9. The van der Waals surface area contributed by atoms with E-state index in [-0.39, 0.29) is 0 Å². The second-order valence-corrected chi connectivity index (χ2v) is 5.94. The van der Waals surface area contributed by atoms with Crippen LogP contribution in [0.5, 0.6) is 0 Å². The lowest BCUT2D eigenvalue weighted by Crippen LogP contribution is -2.18. The van der Waals surface area contributed by atoms with Crippen LogP contribution in [-0.2, 0) is 6.42 Å². The summed E-state index contributed by atoms with van der Waals surface area (Å²) in [6.45, 7) is 0. The molecule has 0 spiro atoms. The maximum absolute atomic E-state index is 4.20. The first-order chi connectivity index (χ1) is 8.69. The van der Waals surface area contributed by atoms with Gasteiger partial charge in [0.15, 0.2) is 0 Å². The van der Waals surface area contributed by atoms with Crippen molar-refractivity contribution in [2.45, 2.75) is 12.5 Å². The summed E-state index contributed by atoms with van der Waals surface area (Å²) in [5, 5.41) is 3.35. The van der Waals surface area contributed by atoms with Crippen LogP contribution in [0.25, 0.3) is 0 Å². The molecule has 1 aromatic carbocycles. The third-order valence-corrected chi connectivity index (χ3v) is 3.73. The number of rotatable bonds is 4. The molecule has 1 heterocycles. The van der Waals surface area contributed by atoms with E-state index >= 15 is 0 Å². The lowest BCUT2D eigenvalue weighted by Gasteiger charge is -2.17. The average Bonchev–Trinajstić information content (AvgIpc) is 2.36. The van der Waals surface area contributed by atoms with Crippen LogP contribution in [0.15, 0.2) is 51.7 Å². The lowest BCUT2D eigenvalue weighted by atomic mass is 10.0. The summed E-state index contributed by atoms with van der Waals surface area (Å²) in [5.74, 6) is 0. The van der Waals surface area contributed by atoms with E-state index in [9.17, 15) is 0 Å². The van der Waals surface area contributed by atoms with Crippen LogP contribution in [0, 0.1) is 0 Å². The van der Waals surface area contributed by atoms with Crippen molar-refractivity contribution in [1.29, 1.82) is 0 Å². The molecule has 2 aromatic rings. The van der Waals surface area contributed by atoms with Crippen LogP contribution in [-0.4, -0.2) is 12.0 Å². The van der Waals surface area contributed by atoms with Gasteiger partial charge in [-0.1, -0.05) is 28.1 Å². The quantitative estimate of drug-likeness (QED) is 0.877. The van der Waals surface area contributed by atoms with Gasteiger partial charge in [0.1, 0.15) is 0 Å². The first kappa shape index (κ1) is 13.7. The summed E-state index contributed by atoms with van der Waals surface area (Å²) in [6, 6.07) is 10.8. The van der Waals surface area contributed by atoms with Crippen molar-refractivity contribution in [1.82, 2.24) is 10.3 Å². The van der Waals surface area contributed by atoms with Crippen molar-refractivity contribution in [2.75, 3.05) is 7.05 Å². The van der Waals surface area contributed by atoms with Gasteiger partial charge in [-0.15, -0.1) is 0 Å². The highest BCUT2D eigenvalue weighted by Crippen LogP contribution is 2.22. The average molecular weight is 370 g/mol. The number of pyridine rings is 1. The largest absolute Gasteiger partial charge is 0.313 e. The summed E-state index contributed by atoms with van der Waals surface area (Å²) in [6.07, 6.45) is 4.63. The molecule has 0 saturated carbocycles. The molecule has 0 bridgehead atoms. The predicted octanol–water partition coefficient (Wildman–Crippen LogP) is 4.11. The maximum atomic E-state index is 4.20. The third-order valence-electron chi connectivity index (χ3n) is 2.80. The van der Waals surface area contributed by atoms with Crippen LogP contribution in [0.4, 0.5) is 0 Å². The Morgan fingerprint density at radius 1 is 1.17 bits per heavy atom. The van der Waals surface area contributed by atoms with E-state index in [0.29, 0.717) is 6.04 Å². The number of likely N-dealkylation sites (N-methyl/N-ethyl adjacent to an activating group) is 1. The minimum atomic E-state index is 0.290. The van der Waals surface area contributed by atoms with Gasteiger partial charge >= 0.3 is 0 Å². The molecular weight excluding hydrogens is 356 g/mol. The molecule has 18 heavy (non-hydrogen) atoms. The van der Waals surface area contributed by atoms with Gasteiger partial charge in [0.2, 0.25) is 0 Å². The highest BCUT2D eigenvalue weighted by molar-refractivity contribution is 9.10. The second kappa shape index (κ2) is 6.45. The van der Waals surface area contributed by atoms with Crippen LogP contribution >= 0.6 is 31.9 Å². The monoisotopic (exact) mass is 368 g/mol. The molecule has 0 radical (unpaired) electrons. The van der Waals surface area contributed by atoms with Gasteiger partial charge in [-0.2, -0.15) is 0 Å². The number of nitrogens with one attached hydrogen (secondary N) is 1. The summed E-state index contributed by atoms with van der Waals surface area (Å²) < 4.78 is 2.12. The van der Waals surface area contributed by atoms with E-state index in [1.165, 1.54) is 11.1 Å². The minimum Gasteiger partial charge on any atom is -0.313 e. The van der Waals surface area contributed by atoms with E-state index in [1.807, 2.05) is 19.3 Å². The molecule has 0 saturated heterocycles. The van der Waals surface area contributed by atoms with Gasteiger partial charge in [-0.25, -0.2) is 0 Å². The Balaban J connectivity index is 2.19. The third kappa shape index (κ3) is 3.64. The fourth-order valence-electron chi connectivity index (χ4n) is 1.91. The molecule has 2 nitrogen and oxygen atoms in total. The smallest absolute Gasteiger partial charge is 0.0410 e. The zero-order chi connectivity index (χ0) is 13.0. The number of aromatic nitrogens is 1. The number of halogens is 2. The highest BCUT2D eigenvalue weighted by Gasteiger charge is 2.10. The molecule has 1 aromatic heterocycles. The van der Waals surface area contributed by atoms with E-state index in [2.05, 4.69) is 66.4 Å². The summed E-state index contributed by atoms with van der Waals surface area (Å²) >= 11 is 6.96. The van der Waals surface area contributed by atoms with Gasteiger partial charge in [-0.05, 0) is 58.7 Å². The predicted molar refractivity (Wildman–Crippen MR) is 81.6 cm³/mol. The standard InChI is InChI=1S/C14H14Br2N2/c1-17-14(11-3-2-4-12(15)7-11)6-10-5-13(16)9-18-8-10/h2-5,7-9,14,17H,6H2,1H3. The van der Waals surface area contributed by atoms with Crippen molar-refractivity contribution in [3.05, 3.63) is 62.8 Å². The molecular formula is C14H14Br2N2. The van der Waals surface area contributed by atoms with Gasteiger partial charge in [0.05, 0.1) is 0 Å².